The second kappa shape index (κ2) is 1.06. The Labute approximate surface area is 30.4 Å². The number of hydrogen-bond donors (Lipinski definition) is 0. The highest BCUT2D eigenvalue weighted by molar-refractivity contribution is 5.58. The van der Waals surface area contributed by atoms with Crippen LogP contribution in [0.4, 0.5) is 0 Å². The van der Waals surface area contributed by atoms with Gasteiger partial charge >= 0.3 is 0 Å². The first kappa shape index (κ1) is 2.69. The molecule has 1 rings (SSSR count). The van der Waals surface area contributed by atoms with Crippen molar-refractivity contribution < 1.29 is 4.84 Å². The molecule has 0 aliphatic carbocycles. The van der Waals surface area contributed by atoms with Crippen LogP contribution in [0.5, 0.6) is 0 Å². The van der Waals surface area contributed by atoms with Gasteiger partial charge in [-0.05, 0) is 0 Å². The van der Waals surface area contributed by atoms with E-state index in [2.05, 4.69) is 16.6 Å². The highest BCUT2D eigenvalue weighted by Gasteiger charge is 1.90. The van der Waals surface area contributed by atoms with Gasteiger partial charge in [0, 0.05) is 12.6 Å². The zero-order valence-electron chi connectivity index (χ0n) is 2.64. The lowest BCUT2D eigenvalue weighted by Crippen LogP contribution is -1.60. The third kappa shape index (κ3) is 0.375. The summed E-state index contributed by atoms with van der Waals surface area (Å²) in [4.78, 5) is 4.26. The van der Waals surface area contributed by atoms with E-state index in [1.165, 1.54) is 0 Å². The molecular weight excluding hydrogens is 66.0 g/mol. The van der Waals surface area contributed by atoms with Crippen molar-refractivity contribution in [3.63, 3.8) is 0 Å². The first-order valence-corrected chi connectivity index (χ1v) is 1.41. The number of hydrogen-bond acceptors (Lipinski definition) is 2. The Morgan fingerprint density at radius 3 is 3.20 bits per heavy atom. The van der Waals surface area contributed by atoms with Gasteiger partial charge in [-0.2, -0.15) is 0 Å². The molecule has 0 aromatic carbocycles. The maximum absolute atomic E-state index is 4.26. The normalized spacial score (nSPS) is 19.2. The van der Waals surface area contributed by atoms with E-state index in [1.807, 2.05) is 0 Å². The lowest BCUT2D eigenvalue weighted by atomic mass is 10.5. The van der Waals surface area contributed by atoms with Crippen molar-refractivity contribution in [2.24, 2.45) is 5.16 Å². The van der Waals surface area contributed by atoms with Crippen LogP contribution in [0.1, 0.15) is 6.42 Å². The molecule has 0 aromatic heterocycles. The summed E-state index contributed by atoms with van der Waals surface area (Å²) in [5.74, 6) is 0. The Morgan fingerprint density at radius 2 is 3.00 bits per heavy atom. The van der Waals surface area contributed by atoms with Crippen LogP contribution in [-0.4, -0.2) is 6.21 Å². The lowest BCUT2D eigenvalue weighted by molar-refractivity contribution is 0.235. The van der Waals surface area contributed by atoms with Crippen molar-refractivity contribution in [1.29, 1.82) is 0 Å². The summed E-state index contributed by atoms with van der Waals surface area (Å²) in [5, 5.41) is 3.35. The van der Waals surface area contributed by atoms with Crippen LogP contribution in [0.2, 0.25) is 0 Å². The van der Waals surface area contributed by atoms with Gasteiger partial charge in [0.2, 0.25) is 6.61 Å². The van der Waals surface area contributed by atoms with Crippen LogP contribution in [0.25, 0.3) is 0 Å². The molecule has 0 fully saturated rings. The molecule has 0 amide bonds. The van der Waals surface area contributed by atoms with Crippen molar-refractivity contribution in [2.75, 3.05) is 0 Å². The van der Waals surface area contributed by atoms with Crippen molar-refractivity contribution >= 4 is 6.21 Å². The Bertz CT molecular complexity index is 44.9. The first-order valence-electron chi connectivity index (χ1n) is 1.41. The van der Waals surface area contributed by atoms with Gasteiger partial charge in [-0.25, -0.2) is 0 Å². The summed E-state index contributed by atoms with van der Waals surface area (Å²) in [5.41, 5.74) is 0. The largest absolute Gasteiger partial charge is 0.380 e. The zero-order chi connectivity index (χ0) is 3.54. The Hall–Kier alpha value is -0.530. The molecule has 2 radical (unpaired) electrons. The summed E-state index contributed by atoms with van der Waals surface area (Å²) >= 11 is 0. The monoisotopic (exact) mass is 69.0 g/mol. The SMILES string of the molecule is [C]1CC=NO1. The molecule has 0 N–H and O–H groups in total. The van der Waals surface area contributed by atoms with Gasteiger partial charge in [0.25, 0.3) is 0 Å². The van der Waals surface area contributed by atoms with Crippen LogP contribution in [-0.2, 0) is 4.84 Å². The first-order chi connectivity index (χ1) is 2.50. The van der Waals surface area contributed by atoms with Gasteiger partial charge in [0.05, 0.1) is 0 Å². The lowest BCUT2D eigenvalue weighted by Gasteiger charge is -1.72. The summed E-state index contributed by atoms with van der Waals surface area (Å²) in [6.45, 7) is 2.50. The number of rotatable bonds is 0. The third-order valence-corrected chi connectivity index (χ3v) is 0.366. The molecule has 0 aromatic rings. The number of nitrogens with zero attached hydrogens (tertiary/aromatic N) is 1. The number of oxime groups is 1. The van der Waals surface area contributed by atoms with Gasteiger partial charge in [-0.15, -0.1) is 0 Å². The highest BCUT2D eigenvalue weighted by Crippen LogP contribution is 1.93. The van der Waals surface area contributed by atoms with Gasteiger partial charge in [0.15, 0.2) is 0 Å². The zero-order valence-corrected chi connectivity index (χ0v) is 2.64. The van der Waals surface area contributed by atoms with E-state index in [0.29, 0.717) is 0 Å². The fourth-order valence-electron chi connectivity index (χ4n) is 0.186. The molecule has 0 unspecified atom stereocenters. The van der Waals surface area contributed by atoms with Gasteiger partial charge in [-0.3, -0.25) is 0 Å². The second-order valence-corrected chi connectivity index (χ2v) is 0.728. The fourth-order valence-corrected chi connectivity index (χ4v) is 0.186. The minimum Gasteiger partial charge on any atom is -0.380 e. The van der Waals surface area contributed by atoms with Crippen LogP contribution >= 0.6 is 0 Å². The summed E-state index contributed by atoms with van der Waals surface area (Å²) in [7, 11) is 0. The maximum Gasteiger partial charge on any atom is 0.235 e. The fraction of sp³-hybridized carbons (Fsp3) is 0.333. The van der Waals surface area contributed by atoms with Crippen molar-refractivity contribution in [3.8, 4) is 0 Å². The molecule has 2 heteroatoms. The summed E-state index contributed by atoms with van der Waals surface area (Å²) in [6.07, 6.45) is 2.39. The molecule has 0 spiro atoms. The van der Waals surface area contributed by atoms with Crippen LogP contribution < -0.4 is 0 Å². The van der Waals surface area contributed by atoms with Gasteiger partial charge in [-0.1, -0.05) is 5.16 Å². The average Bonchev–Trinajstić information content (AvgIpc) is 1.76. The standard InChI is InChI=1S/C3H3NO/c1-2-4-5-3-1/h2H,1H2. The van der Waals surface area contributed by atoms with E-state index < -0.39 is 0 Å². The van der Waals surface area contributed by atoms with Crippen LogP contribution in [0, 0.1) is 6.61 Å². The van der Waals surface area contributed by atoms with Crippen LogP contribution in [0.15, 0.2) is 5.16 Å². The van der Waals surface area contributed by atoms with E-state index in [0.717, 1.165) is 6.42 Å². The van der Waals surface area contributed by atoms with Crippen molar-refractivity contribution in [1.82, 2.24) is 0 Å². The second-order valence-electron chi connectivity index (χ2n) is 0.728. The molecule has 0 saturated heterocycles. The van der Waals surface area contributed by atoms with Crippen molar-refractivity contribution in [2.45, 2.75) is 6.42 Å². The molecule has 26 valence electrons. The highest BCUT2D eigenvalue weighted by atomic mass is 16.6. The molecule has 0 saturated carbocycles. The average molecular weight is 69.1 g/mol. The third-order valence-electron chi connectivity index (χ3n) is 0.366. The summed E-state index contributed by atoms with van der Waals surface area (Å²) in [6, 6.07) is 0. The molecule has 1 aliphatic rings. The van der Waals surface area contributed by atoms with E-state index in [1.54, 1.807) is 6.21 Å². The molecule has 5 heavy (non-hydrogen) atoms. The topological polar surface area (TPSA) is 21.6 Å². The maximum atomic E-state index is 4.26. The minimum atomic E-state index is 0.736. The Morgan fingerprint density at radius 1 is 2.00 bits per heavy atom. The molecule has 2 nitrogen and oxygen atoms in total. The molecular formula is C3H3NO. The Kier molecular flexibility index (Phi) is 0.571. The van der Waals surface area contributed by atoms with Crippen molar-refractivity contribution in [3.05, 3.63) is 6.61 Å². The summed E-state index contributed by atoms with van der Waals surface area (Å²) < 4.78 is 0. The van der Waals surface area contributed by atoms with Crippen LogP contribution in [0.3, 0.4) is 0 Å². The molecule has 1 aliphatic heterocycles. The minimum absolute atomic E-state index is 0.736. The predicted molar refractivity (Wildman–Crippen MR) is 17.4 cm³/mol. The van der Waals surface area contributed by atoms with E-state index in [4.69, 9.17) is 0 Å². The van der Waals surface area contributed by atoms with Gasteiger partial charge in [0.1, 0.15) is 0 Å². The Balaban J connectivity index is 2.32. The van der Waals surface area contributed by atoms with Gasteiger partial charge < -0.3 is 4.84 Å². The van der Waals surface area contributed by atoms with E-state index in [-0.39, 0.29) is 0 Å². The predicted octanol–water partition coefficient (Wildman–Crippen LogP) is 0.431. The molecule has 0 atom stereocenters. The van der Waals surface area contributed by atoms with E-state index in [9.17, 15) is 0 Å². The molecule has 1 heterocycles. The molecule has 0 bridgehead atoms. The smallest absolute Gasteiger partial charge is 0.235 e. The quantitative estimate of drug-likeness (QED) is 0.404. The van der Waals surface area contributed by atoms with E-state index >= 15 is 0 Å².